The van der Waals surface area contributed by atoms with Gasteiger partial charge in [0, 0.05) is 6.54 Å². The maximum absolute atomic E-state index is 10.8. The molecule has 0 bridgehead atoms. The Morgan fingerprint density at radius 2 is 2.36 bits per heavy atom. The molecule has 0 rings (SSSR count). The Morgan fingerprint density at radius 1 is 1.64 bits per heavy atom. The molecule has 3 nitrogen and oxygen atoms in total. The Kier molecular flexibility index (Phi) is 6.70. The lowest BCUT2D eigenvalue weighted by Crippen LogP contribution is -2.13. The molecule has 0 saturated heterocycles. The lowest BCUT2D eigenvalue weighted by atomic mass is 10.3. The van der Waals surface area contributed by atoms with E-state index in [0.717, 1.165) is 0 Å². The lowest BCUT2D eigenvalue weighted by Gasteiger charge is -1.97. The minimum absolute atomic E-state index is 0.00722. The van der Waals surface area contributed by atoms with Gasteiger partial charge in [0.2, 0.25) is 0 Å². The molecular formula is C8H13NO2. The van der Waals surface area contributed by atoms with Crippen LogP contribution in [0.4, 0.5) is 0 Å². The minimum atomic E-state index is 0.00722. The number of hydrogen-bond donors (Lipinski definition) is 1. The molecule has 0 aromatic rings. The maximum atomic E-state index is 10.8. The third-order valence-electron chi connectivity index (χ3n) is 0.988. The van der Waals surface area contributed by atoms with E-state index in [1.54, 1.807) is 6.92 Å². The molecule has 0 heterocycles. The molecule has 0 radical (unpaired) electrons. The van der Waals surface area contributed by atoms with Gasteiger partial charge < -0.3 is 10.5 Å². The molecule has 0 atom stereocenters. The van der Waals surface area contributed by atoms with Gasteiger partial charge in [0.05, 0.1) is 13.0 Å². The number of rotatable bonds is 5. The van der Waals surface area contributed by atoms with Crippen molar-refractivity contribution >= 4 is 5.78 Å². The van der Waals surface area contributed by atoms with Crippen LogP contribution < -0.4 is 5.73 Å². The van der Waals surface area contributed by atoms with E-state index in [4.69, 9.17) is 10.5 Å². The Bertz CT molecular complexity index is 167. The summed E-state index contributed by atoms with van der Waals surface area (Å²) in [5.74, 6) is 5.31. The van der Waals surface area contributed by atoms with Crippen molar-refractivity contribution in [2.75, 3.05) is 19.8 Å². The van der Waals surface area contributed by atoms with Gasteiger partial charge in [-0.2, -0.15) is 0 Å². The average molecular weight is 155 g/mol. The standard InChI is InChI=1S/C8H13NO2/c1-2-3-4-8(10)7-11-6-5-9/h4-7,9H2,1H3. The normalized spacial score (nSPS) is 8.55. The molecule has 0 aliphatic rings. The number of nitrogens with two attached hydrogens (primary N) is 1. The van der Waals surface area contributed by atoms with Crippen molar-refractivity contribution in [1.29, 1.82) is 0 Å². The van der Waals surface area contributed by atoms with E-state index in [1.807, 2.05) is 0 Å². The van der Waals surface area contributed by atoms with Crippen LogP contribution in [-0.4, -0.2) is 25.5 Å². The molecule has 0 unspecified atom stereocenters. The van der Waals surface area contributed by atoms with Crippen molar-refractivity contribution < 1.29 is 9.53 Å². The summed E-state index contributed by atoms with van der Waals surface area (Å²) >= 11 is 0. The second-order valence-corrected chi connectivity index (χ2v) is 1.98. The third kappa shape index (κ3) is 7.04. The molecular weight excluding hydrogens is 142 g/mol. The molecule has 3 heteroatoms. The monoisotopic (exact) mass is 155 g/mol. The van der Waals surface area contributed by atoms with Gasteiger partial charge in [-0.25, -0.2) is 0 Å². The minimum Gasteiger partial charge on any atom is -0.372 e. The number of Topliss-reactive ketones (excluding diaryl/α,β-unsaturated/α-hetero) is 1. The largest absolute Gasteiger partial charge is 0.372 e. The number of ketones is 1. The Morgan fingerprint density at radius 3 is 2.91 bits per heavy atom. The van der Waals surface area contributed by atoms with Crippen molar-refractivity contribution in [3.8, 4) is 11.8 Å². The van der Waals surface area contributed by atoms with Crippen LogP contribution in [0.15, 0.2) is 0 Å². The van der Waals surface area contributed by atoms with Gasteiger partial charge in [0.15, 0.2) is 5.78 Å². The molecule has 11 heavy (non-hydrogen) atoms. The molecule has 0 spiro atoms. The van der Waals surface area contributed by atoms with Crippen molar-refractivity contribution in [1.82, 2.24) is 0 Å². The smallest absolute Gasteiger partial charge is 0.170 e. The van der Waals surface area contributed by atoms with E-state index in [2.05, 4.69) is 11.8 Å². The fourth-order valence-electron chi connectivity index (χ4n) is 0.507. The van der Waals surface area contributed by atoms with E-state index in [1.165, 1.54) is 0 Å². The van der Waals surface area contributed by atoms with Crippen LogP contribution in [0.5, 0.6) is 0 Å². The molecule has 0 saturated carbocycles. The second kappa shape index (κ2) is 7.26. The van der Waals surface area contributed by atoms with Crippen LogP contribution >= 0.6 is 0 Å². The first-order chi connectivity index (χ1) is 5.31. The van der Waals surface area contributed by atoms with Gasteiger partial charge in [0.25, 0.3) is 0 Å². The number of carbonyl (C=O) groups excluding carboxylic acids is 1. The zero-order valence-corrected chi connectivity index (χ0v) is 6.72. The summed E-state index contributed by atoms with van der Waals surface area (Å²) in [5.41, 5.74) is 5.15. The molecule has 0 fully saturated rings. The highest BCUT2D eigenvalue weighted by Crippen LogP contribution is 1.82. The SMILES string of the molecule is CC#CCC(=O)COCCN. The average Bonchev–Trinajstić information content (AvgIpc) is 2.01. The molecule has 62 valence electrons. The first kappa shape index (κ1) is 10.2. The van der Waals surface area contributed by atoms with Crippen LogP contribution in [0.1, 0.15) is 13.3 Å². The predicted molar refractivity (Wildman–Crippen MR) is 42.9 cm³/mol. The van der Waals surface area contributed by atoms with Gasteiger partial charge >= 0.3 is 0 Å². The van der Waals surface area contributed by atoms with Crippen molar-refractivity contribution in [2.45, 2.75) is 13.3 Å². The molecule has 2 N–H and O–H groups in total. The third-order valence-corrected chi connectivity index (χ3v) is 0.988. The number of ether oxygens (including phenoxy) is 1. The molecule has 0 aromatic carbocycles. The fourth-order valence-corrected chi connectivity index (χ4v) is 0.507. The first-order valence-electron chi connectivity index (χ1n) is 3.50. The van der Waals surface area contributed by atoms with E-state index in [-0.39, 0.29) is 18.8 Å². The van der Waals surface area contributed by atoms with E-state index in [0.29, 0.717) is 13.2 Å². The first-order valence-corrected chi connectivity index (χ1v) is 3.50. The van der Waals surface area contributed by atoms with Crippen LogP contribution in [0.25, 0.3) is 0 Å². The number of carbonyl (C=O) groups is 1. The van der Waals surface area contributed by atoms with Gasteiger partial charge in [-0.1, -0.05) is 5.92 Å². The highest BCUT2D eigenvalue weighted by molar-refractivity contribution is 5.81. The highest BCUT2D eigenvalue weighted by Gasteiger charge is 1.97. The quantitative estimate of drug-likeness (QED) is 0.447. The lowest BCUT2D eigenvalue weighted by molar-refractivity contribution is -0.122. The van der Waals surface area contributed by atoms with Gasteiger partial charge in [-0.3, -0.25) is 4.79 Å². The number of hydrogen-bond acceptors (Lipinski definition) is 3. The van der Waals surface area contributed by atoms with E-state index >= 15 is 0 Å². The summed E-state index contributed by atoms with van der Waals surface area (Å²) in [4.78, 5) is 10.8. The van der Waals surface area contributed by atoms with Crippen LogP contribution in [-0.2, 0) is 9.53 Å². The fraction of sp³-hybridized carbons (Fsp3) is 0.625. The van der Waals surface area contributed by atoms with Crippen molar-refractivity contribution in [3.63, 3.8) is 0 Å². The summed E-state index contributed by atoms with van der Waals surface area (Å²) in [5, 5.41) is 0. The molecule has 0 amide bonds. The van der Waals surface area contributed by atoms with Gasteiger partial charge in [-0.05, 0) is 6.92 Å². The van der Waals surface area contributed by atoms with E-state index in [9.17, 15) is 4.79 Å². The Labute approximate surface area is 66.9 Å². The van der Waals surface area contributed by atoms with Gasteiger partial charge in [-0.15, -0.1) is 5.92 Å². The summed E-state index contributed by atoms with van der Waals surface area (Å²) in [6.07, 6.45) is 0.279. The summed E-state index contributed by atoms with van der Waals surface area (Å²) in [6.45, 7) is 2.72. The van der Waals surface area contributed by atoms with Crippen LogP contribution in [0, 0.1) is 11.8 Å². The van der Waals surface area contributed by atoms with Crippen LogP contribution in [0.2, 0.25) is 0 Å². The summed E-state index contributed by atoms with van der Waals surface area (Å²) in [7, 11) is 0. The zero-order valence-electron chi connectivity index (χ0n) is 6.72. The maximum Gasteiger partial charge on any atom is 0.170 e. The summed E-state index contributed by atoms with van der Waals surface area (Å²) < 4.78 is 4.90. The zero-order chi connectivity index (χ0) is 8.53. The van der Waals surface area contributed by atoms with Crippen LogP contribution in [0.3, 0.4) is 0 Å². The topological polar surface area (TPSA) is 52.3 Å². The predicted octanol–water partition coefficient (Wildman–Crippen LogP) is -0.0558. The molecule has 0 aliphatic heterocycles. The van der Waals surface area contributed by atoms with E-state index < -0.39 is 0 Å². The molecule has 0 aliphatic carbocycles. The summed E-state index contributed by atoms with van der Waals surface area (Å²) in [6, 6.07) is 0. The molecule has 0 aromatic heterocycles. The second-order valence-electron chi connectivity index (χ2n) is 1.98. The Hall–Kier alpha value is -0.850. The van der Waals surface area contributed by atoms with Crippen molar-refractivity contribution in [3.05, 3.63) is 0 Å². The Balaban J connectivity index is 3.27. The van der Waals surface area contributed by atoms with Gasteiger partial charge in [0.1, 0.15) is 6.61 Å². The van der Waals surface area contributed by atoms with Crippen molar-refractivity contribution in [2.24, 2.45) is 5.73 Å². The highest BCUT2D eigenvalue weighted by atomic mass is 16.5.